The van der Waals surface area contributed by atoms with E-state index in [1.54, 1.807) is 30.5 Å². The van der Waals surface area contributed by atoms with E-state index in [1.807, 2.05) is 24.3 Å². The van der Waals surface area contributed by atoms with E-state index < -0.39 is 0 Å². The fourth-order valence-corrected chi connectivity index (χ4v) is 2.68. The van der Waals surface area contributed by atoms with Crippen LogP contribution in [0.2, 0.25) is 5.02 Å². The van der Waals surface area contributed by atoms with E-state index in [9.17, 15) is 4.79 Å². The van der Waals surface area contributed by atoms with Gasteiger partial charge in [-0.15, -0.1) is 0 Å². The summed E-state index contributed by atoms with van der Waals surface area (Å²) >= 11 is 5.81. The van der Waals surface area contributed by atoms with Gasteiger partial charge in [0.05, 0.1) is 12.8 Å². The van der Waals surface area contributed by atoms with Crippen molar-refractivity contribution < 1.29 is 9.53 Å². The van der Waals surface area contributed by atoms with Gasteiger partial charge in [0, 0.05) is 10.6 Å². The Hall–Kier alpha value is -2.33. The fraction of sp³-hybridized carbons (Fsp3) is 0.364. The molecule has 0 atom stereocenters. The molecule has 0 aliphatic rings. The summed E-state index contributed by atoms with van der Waals surface area (Å²) in [5.74, 6) is 0.577. The monoisotopic (exact) mass is 386 g/mol. The number of nitrogens with zero attached hydrogens (tertiary/aromatic N) is 1. The maximum absolute atomic E-state index is 11.9. The fourth-order valence-electron chi connectivity index (χ4n) is 2.55. The van der Waals surface area contributed by atoms with Crippen molar-refractivity contribution in [3.8, 4) is 5.75 Å². The van der Waals surface area contributed by atoms with E-state index in [0.717, 1.165) is 24.3 Å². The number of benzene rings is 2. The van der Waals surface area contributed by atoms with Gasteiger partial charge < -0.3 is 4.74 Å². The maximum Gasteiger partial charge on any atom is 0.271 e. The molecule has 0 spiro atoms. The molecule has 2 rings (SSSR count). The number of amides is 1. The number of ether oxygens (including phenoxy) is 1. The number of rotatable bonds is 11. The molecular formula is C22H27ClN2O2. The Morgan fingerprint density at radius 1 is 1.00 bits per heavy atom. The van der Waals surface area contributed by atoms with Crippen LogP contribution in [0.4, 0.5) is 0 Å². The molecule has 2 aromatic rings. The van der Waals surface area contributed by atoms with Crippen LogP contribution in [0.3, 0.4) is 0 Å². The van der Waals surface area contributed by atoms with Crippen molar-refractivity contribution in [2.24, 2.45) is 5.10 Å². The second-order valence-corrected chi connectivity index (χ2v) is 6.83. The summed E-state index contributed by atoms with van der Waals surface area (Å²) in [7, 11) is 0. The predicted molar refractivity (Wildman–Crippen MR) is 112 cm³/mol. The molecule has 0 aliphatic carbocycles. The smallest absolute Gasteiger partial charge is 0.271 e. The average molecular weight is 387 g/mol. The summed E-state index contributed by atoms with van der Waals surface area (Å²) in [6.45, 7) is 2.97. The molecular weight excluding hydrogens is 360 g/mol. The van der Waals surface area contributed by atoms with Crippen LogP contribution in [0.1, 0.15) is 61.4 Å². The standard InChI is InChI=1S/C22H27ClN2O2/c1-2-3-4-5-6-7-16-27-21-14-8-18(9-15-21)17-24-25-22(26)19-10-12-20(23)13-11-19/h8-15,17H,2-7,16H2,1H3,(H,25,26)/b24-17+. The number of hydrogen-bond donors (Lipinski definition) is 1. The van der Waals surface area contributed by atoms with Gasteiger partial charge >= 0.3 is 0 Å². The third-order valence-corrected chi connectivity index (χ3v) is 4.38. The Balaban J connectivity index is 1.69. The van der Waals surface area contributed by atoms with E-state index in [2.05, 4.69) is 17.5 Å². The molecule has 0 bridgehead atoms. The number of carbonyl (C=O) groups excluding carboxylic acids is 1. The highest BCUT2D eigenvalue weighted by Gasteiger charge is 2.03. The van der Waals surface area contributed by atoms with Crippen LogP contribution in [0, 0.1) is 0 Å². The molecule has 1 amide bonds. The molecule has 4 nitrogen and oxygen atoms in total. The van der Waals surface area contributed by atoms with Crippen LogP contribution in [0.5, 0.6) is 5.75 Å². The molecule has 2 aromatic carbocycles. The van der Waals surface area contributed by atoms with Crippen LogP contribution >= 0.6 is 11.6 Å². The minimum Gasteiger partial charge on any atom is -0.494 e. The zero-order valence-corrected chi connectivity index (χ0v) is 16.5. The molecule has 0 radical (unpaired) electrons. The SMILES string of the molecule is CCCCCCCCOc1ccc(/C=N/NC(=O)c2ccc(Cl)cc2)cc1. The number of carbonyl (C=O) groups is 1. The number of hydrogen-bond acceptors (Lipinski definition) is 3. The quantitative estimate of drug-likeness (QED) is 0.299. The van der Waals surface area contributed by atoms with Gasteiger partial charge in [-0.1, -0.05) is 50.6 Å². The highest BCUT2D eigenvalue weighted by atomic mass is 35.5. The molecule has 0 heterocycles. The maximum atomic E-state index is 11.9. The topological polar surface area (TPSA) is 50.7 Å². The number of halogens is 1. The van der Waals surface area contributed by atoms with Crippen molar-refractivity contribution in [1.82, 2.24) is 5.43 Å². The summed E-state index contributed by atoms with van der Waals surface area (Å²) in [5.41, 5.74) is 3.90. The van der Waals surface area contributed by atoms with Gasteiger partial charge in [0.1, 0.15) is 5.75 Å². The van der Waals surface area contributed by atoms with Crippen LogP contribution in [0.25, 0.3) is 0 Å². The Bertz CT molecular complexity index is 712. The first-order chi connectivity index (χ1) is 13.2. The molecule has 0 aromatic heterocycles. The van der Waals surface area contributed by atoms with E-state index >= 15 is 0 Å². The first-order valence-electron chi connectivity index (χ1n) is 9.51. The number of unbranched alkanes of at least 4 members (excludes halogenated alkanes) is 5. The molecule has 0 unspecified atom stereocenters. The molecule has 144 valence electrons. The Morgan fingerprint density at radius 3 is 2.37 bits per heavy atom. The van der Waals surface area contributed by atoms with Crippen molar-refractivity contribution in [2.75, 3.05) is 6.61 Å². The third-order valence-electron chi connectivity index (χ3n) is 4.13. The molecule has 27 heavy (non-hydrogen) atoms. The van der Waals surface area contributed by atoms with Crippen molar-refractivity contribution in [1.29, 1.82) is 0 Å². The van der Waals surface area contributed by atoms with E-state index in [1.165, 1.54) is 32.1 Å². The lowest BCUT2D eigenvalue weighted by Crippen LogP contribution is -2.17. The van der Waals surface area contributed by atoms with Gasteiger partial charge in [0.2, 0.25) is 0 Å². The van der Waals surface area contributed by atoms with Crippen molar-refractivity contribution >= 4 is 23.7 Å². The summed E-state index contributed by atoms with van der Waals surface area (Å²) < 4.78 is 5.75. The van der Waals surface area contributed by atoms with Gasteiger partial charge in [0.25, 0.3) is 5.91 Å². The Labute approximate surface area is 166 Å². The highest BCUT2D eigenvalue weighted by Crippen LogP contribution is 2.13. The zero-order chi connectivity index (χ0) is 19.3. The lowest BCUT2D eigenvalue weighted by molar-refractivity contribution is 0.0955. The van der Waals surface area contributed by atoms with Gasteiger partial charge in [0.15, 0.2) is 0 Å². The van der Waals surface area contributed by atoms with Crippen molar-refractivity contribution in [3.63, 3.8) is 0 Å². The number of hydrazone groups is 1. The first kappa shape index (κ1) is 21.0. The normalized spacial score (nSPS) is 10.9. The van der Waals surface area contributed by atoms with Gasteiger partial charge in [-0.05, 0) is 60.5 Å². The average Bonchev–Trinajstić information content (AvgIpc) is 2.69. The lowest BCUT2D eigenvalue weighted by Gasteiger charge is -2.06. The zero-order valence-electron chi connectivity index (χ0n) is 15.8. The van der Waals surface area contributed by atoms with E-state index in [0.29, 0.717) is 10.6 Å². The van der Waals surface area contributed by atoms with Gasteiger partial charge in [-0.25, -0.2) is 5.43 Å². The van der Waals surface area contributed by atoms with E-state index in [-0.39, 0.29) is 5.91 Å². The minimum atomic E-state index is -0.276. The van der Waals surface area contributed by atoms with Crippen LogP contribution in [0.15, 0.2) is 53.6 Å². The molecule has 0 fully saturated rings. The van der Waals surface area contributed by atoms with Crippen LogP contribution in [-0.2, 0) is 0 Å². The number of nitrogens with one attached hydrogen (secondary N) is 1. The van der Waals surface area contributed by atoms with Gasteiger partial charge in [-0.3, -0.25) is 4.79 Å². The van der Waals surface area contributed by atoms with Crippen LogP contribution in [-0.4, -0.2) is 18.7 Å². The van der Waals surface area contributed by atoms with E-state index in [4.69, 9.17) is 16.3 Å². The highest BCUT2D eigenvalue weighted by molar-refractivity contribution is 6.30. The summed E-state index contributed by atoms with van der Waals surface area (Å²) in [6, 6.07) is 14.3. The van der Waals surface area contributed by atoms with Crippen LogP contribution < -0.4 is 10.2 Å². The lowest BCUT2D eigenvalue weighted by atomic mass is 10.1. The summed E-state index contributed by atoms with van der Waals surface area (Å²) in [6.07, 6.45) is 9.11. The molecule has 5 heteroatoms. The molecule has 0 saturated carbocycles. The molecule has 1 N–H and O–H groups in total. The second kappa shape index (κ2) is 12.1. The third kappa shape index (κ3) is 8.27. The first-order valence-corrected chi connectivity index (χ1v) is 9.88. The van der Waals surface area contributed by atoms with Gasteiger partial charge in [-0.2, -0.15) is 5.10 Å². The minimum absolute atomic E-state index is 0.276. The van der Waals surface area contributed by atoms with Crippen molar-refractivity contribution in [2.45, 2.75) is 45.4 Å². The van der Waals surface area contributed by atoms with Crippen molar-refractivity contribution in [3.05, 3.63) is 64.7 Å². The Morgan fingerprint density at radius 2 is 1.67 bits per heavy atom. The predicted octanol–water partition coefficient (Wildman–Crippen LogP) is 5.84. The summed E-state index contributed by atoms with van der Waals surface area (Å²) in [4.78, 5) is 11.9. The Kier molecular flexibility index (Phi) is 9.42. The summed E-state index contributed by atoms with van der Waals surface area (Å²) in [5, 5.41) is 4.57. The molecule has 0 saturated heterocycles. The molecule has 0 aliphatic heterocycles. The second-order valence-electron chi connectivity index (χ2n) is 6.39. The largest absolute Gasteiger partial charge is 0.494 e.